The Labute approximate surface area is 265 Å². The van der Waals surface area contributed by atoms with Gasteiger partial charge in [-0.3, -0.25) is 23.6 Å². The molecule has 3 atom stereocenters. The van der Waals surface area contributed by atoms with Crippen LogP contribution in [0.1, 0.15) is 51.6 Å². The number of hydrogen-bond acceptors (Lipinski definition) is 8. The number of ether oxygens (including phenoxy) is 2. The summed E-state index contributed by atoms with van der Waals surface area (Å²) in [4.78, 5) is 55.8. The summed E-state index contributed by atoms with van der Waals surface area (Å²) >= 11 is 0. The van der Waals surface area contributed by atoms with Crippen molar-refractivity contribution >= 4 is 42.7 Å². The average Bonchev–Trinajstić information content (AvgIpc) is 3.25. The number of hydrogen-bond donors (Lipinski definition) is 2. The van der Waals surface area contributed by atoms with Gasteiger partial charge >= 0.3 is 11.8 Å². The van der Waals surface area contributed by atoms with Crippen molar-refractivity contribution in [1.29, 1.82) is 0 Å². The Morgan fingerprint density at radius 3 is 2.53 bits per heavy atom. The lowest BCUT2D eigenvalue weighted by molar-refractivity contribution is -0.157. The molecule has 0 saturated carbocycles. The summed E-state index contributed by atoms with van der Waals surface area (Å²) in [7, 11) is -1.32. The standard InChI is InChI=1S/C32H49N5O7Si/c1-32(2,3)44-31(42)34-13-11-21(23(18-34)19-38)17-22-7-8-24-28-27(22)33-12-14-35(28)30(41)37(24)25-9-10-26(39)36(29(25)40)20-43-15-16-45(4,5)6/h7-8,21,23,25,33,38H,9-20H2,1-6H3. The molecule has 0 aliphatic carbocycles. The van der Waals surface area contributed by atoms with Gasteiger partial charge in [-0.2, -0.15) is 0 Å². The maximum Gasteiger partial charge on any atom is 0.410 e. The number of nitrogens with one attached hydrogen (secondary N) is 1. The number of aliphatic hydroxyl groups is 1. The summed E-state index contributed by atoms with van der Waals surface area (Å²) < 4.78 is 14.6. The number of nitrogens with zero attached hydrogens (tertiary/aromatic N) is 4. The van der Waals surface area contributed by atoms with Crippen LogP contribution in [0.15, 0.2) is 16.9 Å². The quantitative estimate of drug-likeness (QED) is 0.240. The highest BCUT2D eigenvalue weighted by atomic mass is 28.3. The Hall–Kier alpha value is -3.16. The van der Waals surface area contributed by atoms with E-state index < -0.39 is 25.6 Å². The predicted octanol–water partition coefficient (Wildman–Crippen LogP) is 3.64. The number of benzene rings is 1. The second-order valence-electron chi connectivity index (χ2n) is 14.9. The first-order valence-corrected chi connectivity index (χ1v) is 19.9. The van der Waals surface area contributed by atoms with Crippen molar-refractivity contribution in [3.8, 4) is 0 Å². The molecule has 2 saturated heterocycles. The highest BCUT2D eigenvalue weighted by Gasteiger charge is 2.39. The average molecular weight is 644 g/mol. The number of amides is 3. The fourth-order valence-corrected chi connectivity index (χ4v) is 7.41. The molecule has 45 heavy (non-hydrogen) atoms. The van der Waals surface area contributed by atoms with Crippen molar-refractivity contribution in [1.82, 2.24) is 18.9 Å². The van der Waals surface area contributed by atoms with E-state index in [1.54, 1.807) is 14.0 Å². The van der Waals surface area contributed by atoms with E-state index in [1.807, 2.05) is 32.9 Å². The molecule has 248 valence electrons. The number of imidazole rings is 1. The van der Waals surface area contributed by atoms with Crippen molar-refractivity contribution in [2.24, 2.45) is 11.8 Å². The lowest BCUT2D eigenvalue weighted by Crippen LogP contribution is -2.48. The van der Waals surface area contributed by atoms with E-state index in [0.717, 1.165) is 29.2 Å². The van der Waals surface area contributed by atoms with Gasteiger partial charge in [0.2, 0.25) is 5.91 Å². The maximum absolute atomic E-state index is 13.8. The highest BCUT2D eigenvalue weighted by molar-refractivity contribution is 6.76. The van der Waals surface area contributed by atoms with E-state index in [2.05, 4.69) is 25.0 Å². The Morgan fingerprint density at radius 1 is 1.09 bits per heavy atom. The molecular weight excluding hydrogens is 594 g/mol. The minimum Gasteiger partial charge on any atom is -0.444 e. The van der Waals surface area contributed by atoms with Crippen LogP contribution in [0.25, 0.3) is 11.0 Å². The van der Waals surface area contributed by atoms with Gasteiger partial charge in [-0.05, 0) is 63.6 Å². The number of carbonyl (C=O) groups is 3. The molecule has 1 aromatic heterocycles. The Balaban J connectivity index is 1.37. The zero-order valence-electron chi connectivity index (χ0n) is 27.6. The summed E-state index contributed by atoms with van der Waals surface area (Å²) in [6, 6.07) is 4.05. The molecule has 3 amide bonds. The minimum atomic E-state index is -1.32. The number of rotatable bonds is 9. The third kappa shape index (κ3) is 7.15. The van der Waals surface area contributed by atoms with Crippen LogP contribution in [0.4, 0.5) is 10.5 Å². The number of aromatic nitrogens is 2. The van der Waals surface area contributed by atoms with Crippen molar-refractivity contribution < 1.29 is 29.0 Å². The van der Waals surface area contributed by atoms with Gasteiger partial charge < -0.3 is 24.8 Å². The van der Waals surface area contributed by atoms with Gasteiger partial charge in [0.1, 0.15) is 18.4 Å². The Morgan fingerprint density at radius 2 is 1.84 bits per heavy atom. The molecule has 0 radical (unpaired) electrons. The largest absolute Gasteiger partial charge is 0.444 e. The molecular formula is C32H49N5O7Si. The van der Waals surface area contributed by atoms with Crippen molar-refractivity contribution in [2.45, 2.75) is 90.3 Å². The third-order valence-electron chi connectivity index (χ3n) is 9.12. The summed E-state index contributed by atoms with van der Waals surface area (Å²) in [6.07, 6.45) is 1.46. The molecule has 4 heterocycles. The van der Waals surface area contributed by atoms with E-state index in [-0.39, 0.29) is 55.7 Å². The lowest BCUT2D eigenvalue weighted by Gasteiger charge is -2.38. The van der Waals surface area contributed by atoms with Crippen LogP contribution in [-0.2, 0) is 32.0 Å². The number of carbonyl (C=O) groups excluding carboxylic acids is 3. The molecule has 13 heteroatoms. The molecule has 0 spiro atoms. The number of aliphatic hydroxyl groups excluding tert-OH is 1. The molecule has 1 aromatic carbocycles. The number of likely N-dealkylation sites (tertiary alicyclic amines) is 2. The van der Waals surface area contributed by atoms with Crippen LogP contribution >= 0.6 is 0 Å². The van der Waals surface area contributed by atoms with Gasteiger partial charge in [-0.1, -0.05) is 25.7 Å². The van der Waals surface area contributed by atoms with E-state index >= 15 is 0 Å². The van der Waals surface area contributed by atoms with Gasteiger partial charge in [-0.25, -0.2) is 9.59 Å². The third-order valence-corrected chi connectivity index (χ3v) is 10.8. The molecule has 2 fully saturated rings. The van der Waals surface area contributed by atoms with Crippen molar-refractivity contribution in [2.75, 3.05) is 44.9 Å². The number of anilines is 1. The fraction of sp³-hybridized carbons (Fsp3) is 0.688. The predicted molar refractivity (Wildman–Crippen MR) is 174 cm³/mol. The van der Waals surface area contributed by atoms with E-state index in [1.165, 1.54) is 4.90 Å². The fourth-order valence-electron chi connectivity index (χ4n) is 6.65. The van der Waals surface area contributed by atoms with Crippen molar-refractivity contribution in [3.05, 3.63) is 28.2 Å². The van der Waals surface area contributed by atoms with Gasteiger partial charge in [0.25, 0.3) is 5.91 Å². The summed E-state index contributed by atoms with van der Waals surface area (Å²) in [6.45, 7) is 14.6. The van der Waals surface area contributed by atoms with Gasteiger partial charge in [-0.15, -0.1) is 0 Å². The molecule has 3 aliphatic rings. The molecule has 3 aliphatic heterocycles. The first kappa shape index (κ1) is 33.2. The van der Waals surface area contributed by atoms with Crippen LogP contribution in [0.5, 0.6) is 0 Å². The summed E-state index contributed by atoms with van der Waals surface area (Å²) in [5, 5.41) is 13.8. The SMILES string of the molecule is CC(C)(C)OC(=O)N1CCC(Cc2ccc3c4c2NCCn4c(=O)n3C2CCC(=O)N(COCC[Si](C)(C)C)C2=O)C(CO)C1. The van der Waals surface area contributed by atoms with Gasteiger partial charge in [0.05, 0.1) is 16.7 Å². The first-order chi connectivity index (χ1) is 21.2. The lowest BCUT2D eigenvalue weighted by atomic mass is 9.81. The molecule has 2 N–H and O–H groups in total. The highest BCUT2D eigenvalue weighted by Crippen LogP contribution is 2.37. The van der Waals surface area contributed by atoms with Crippen LogP contribution in [0, 0.1) is 11.8 Å². The Kier molecular flexibility index (Phi) is 9.53. The molecule has 5 rings (SSSR count). The molecule has 12 nitrogen and oxygen atoms in total. The minimum absolute atomic E-state index is 0.0447. The zero-order chi connectivity index (χ0) is 32.7. The molecule has 3 unspecified atom stereocenters. The van der Waals surface area contributed by atoms with E-state index in [9.17, 15) is 24.3 Å². The second-order valence-corrected chi connectivity index (χ2v) is 20.5. The second kappa shape index (κ2) is 12.9. The summed E-state index contributed by atoms with van der Waals surface area (Å²) in [5.41, 5.74) is 2.48. The van der Waals surface area contributed by atoms with Crippen LogP contribution in [0.2, 0.25) is 25.7 Å². The smallest absolute Gasteiger partial charge is 0.410 e. The van der Waals surface area contributed by atoms with Crippen LogP contribution in [0.3, 0.4) is 0 Å². The van der Waals surface area contributed by atoms with E-state index in [4.69, 9.17) is 9.47 Å². The first-order valence-electron chi connectivity index (χ1n) is 16.2. The number of piperidine rings is 2. The normalized spacial score (nSPS) is 22.6. The Bertz CT molecular complexity index is 1500. The van der Waals surface area contributed by atoms with Gasteiger partial charge in [0, 0.05) is 59.8 Å². The number of imide groups is 1. The maximum atomic E-state index is 13.8. The zero-order valence-corrected chi connectivity index (χ0v) is 28.6. The van der Waals surface area contributed by atoms with Crippen molar-refractivity contribution in [3.63, 3.8) is 0 Å². The van der Waals surface area contributed by atoms with E-state index in [0.29, 0.717) is 44.7 Å². The molecule has 2 aromatic rings. The topological polar surface area (TPSA) is 135 Å². The summed E-state index contributed by atoms with van der Waals surface area (Å²) in [5.74, 6) is -0.651. The van der Waals surface area contributed by atoms with Crippen LogP contribution in [-0.4, -0.2) is 95.2 Å². The molecule has 0 bridgehead atoms. The van der Waals surface area contributed by atoms with Gasteiger partial charge in [0.15, 0.2) is 0 Å². The monoisotopic (exact) mass is 643 g/mol. The van der Waals surface area contributed by atoms with Crippen LogP contribution < -0.4 is 11.0 Å².